The van der Waals surface area contributed by atoms with Crippen LogP contribution in [-0.2, 0) is 13.0 Å². The van der Waals surface area contributed by atoms with Gasteiger partial charge in [0.25, 0.3) is 0 Å². The molecule has 20 heavy (non-hydrogen) atoms. The van der Waals surface area contributed by atoms with E-state index in [9.17, 15) is 0 Å². The van der Waals surface area contributed by atoms with Crippen molar-refractivity contribution in [2.75, 3.05) is 31.4 Å². The highest BCUT2D eigenvalue weighted by atomic mass is 32.1. The Hall–Kier alpha value is -1.75. The van der Waals surface area contributed by atoms with Gasteiger partial charge in [0, 0.05) is 36.6 Å². The van der Waals surface area contributed by atoms with E-state index in [-0.39, 0.29) is 0 Å². The van der Waals surface area contributed by atoms with Crippen LogP contribution in [0, 0.1) is 0 Å². The first kappa shape index (κ1) is 14.7. The summed E-state index contributed by atoms with van der Waals surface area (Å²) >= 11 is 1.84. The van der Waals surface area contributed by atoms with Gasteiger partial charge in [0.1, 0.15) is 5.69 Å². The highest BCUT2D eigenvalue weighted by Crippen LogP contribution is 2.32. The van der Waals surface area contributed by atoms with Gasteiger partial charge in [-0.2, -0.15) is 0 Å². The molecular weight excluding hydrogens is 270 g/mol. The Morgan fingerprint density at radius 3 is 2.60 bits per heavy atom. The van der Waals surface area contributed by atoms with Gasteiger partial charge >= 0.3 is 0 Å². The molecule has 0 amide bonds. The van der Waals surface area contributed by atoms with Crippen molar-refractivity contribution in [1.82, 2.24) is 4.98 Å². The molecule has 0 bridgehead atoms. The highest BCUT2D eigenvalue weighted by molar-refractivity contribution is 7.12. The Bertz CT molecular complexity index is 566. The number of aromatic nitrogens is 1. The molecule has 108 valence electrons. The summed E-state index contributed by atoms with van der Waals surface area (Å²) in [6, 6.07) is 6.35. The van der Waals surface area contributed by atoms with Crippen molar-refractivity contribution >= 4 is 22.7 Å². The lowest BCUT2D eigenvalue weighted by atomic mass is 10.3. The molecule has 2 aromatic heterocycles. The Morgan fingerprint density at radius 1 is 1.25 bits per heavy atom. The number of aryl methyl sites for hydroxylation is 1. The second-order valence-electron chi connectivity index (χ2n) is 4.68. The second kappa shape index (κ2) is 6.61. The molecule has 0 aromatic carbocycles. The fourth-order valence-corrected chi connectivity index (χ4v) is 2.91. The molecule has 0 atom stereocenters. The number of anilines is 2. The molecule has 0 unspecified atom stereocenters. The highest BCUT2D eigenvalue weighted by Gasteiger charge is 2.12. The number of hydrogen-bond acceptors (Lipinski definition) is 5. The third kappa shape index (κ3) is 3.22. The number of hydrogen-bond donors (Lipinski definition) is 1. The topological polar surface area (TPSA) is 37.4 Å². The Balaban J connectivity index is 2.19. The third-order valence-corrected chi connectivity index (χ3v) is 4.30. The van der Waals surface area contributed by atoms with Crippen molar-refractivity contribution in [3.8, 4) is 5.88 Å². The van der Waals surface area contributed by atoms with Gasteiger partial charge in [0.05, 0.1) is 12.8 Å². The van der Waals surface area contributed by atoms with E-state index >= 15 is 0 Å². The van der Waals surface area contributed by atoms with Crippen LogP contribution in [0.1, 0.15) is 16.7 Å². The fourth-order valence-electron chi connectivity index (χ4n) is 2.01. The van der Waals surface area contributed by atoms with Crippen LogP contribution in [0.4, 0.5) is 11.4 Å². The second-order valence-corrected chi connectivity index (χ2v) is 5.94. The Kier molecular flexibility index (Phi) is 4.84. The van der Waals surface area contributed by atoms with Crippen molar-refractivity contribution in [3.63, 3.8) is 0 Å². The molecule has 0 saturated carbocycles. The van der Waals surface area contributed by atoms with Crippen LogP contribution in [0.2, 0.25) is 0 Å². The molecule has 0 saturated heterocycles. The molecule has 0 radical (unpaired) electrons. The summed E-state index contributed by atoms with van der Waals surface area (Å²) in [5, 5.41) is 3.45. The fraction of sp³-hybridized carbons (Fsp3) is 0.400. The molecular formula is C15H21N3OS. The first-order valence-electron chi connectivity index (χ1n) is 6.67. The minimum absolute atomic E-state index is 0.628. The van der Waals surface area contributed by atoms with E-state index in [1.165, 1.54) is 9.75 Å². The summed E-state index contributed by atoms with van der Waals surface area (Å²) in [5.41, 5.74) is 2.01. The number of rotatable bonds is 6. The molecule has 2 heterocycles. The standard InChI is InChI=1S/C15H21N3OS/c1-5-11-6-7-12(20-11)10-17-14-13(18(2)3)8-9-16-15(14)19-4/h6-9,17H,5,10H2,1-4H3. The largest absolute Gasteiger partial charge is 0.479 e. The zero-order chi connectivity index (χ0) is 14.5. The van der Waals surface area contributed by atoms with Crippen LogP contribution in [0.25, 0.3) is 0 Å². The van der Waals surface area contributed by atoms with Crippen molar-refractivity contribution < 1.29 is 4.74 Å². The number of ether oxygens (including phenoxy) is 1. The van der Waals surface area contributed by atoms with Crippen molar-refractivity contribution in [2.24, 2.45) is 0 Å². The van der Waals surface area contributed by atoms with Gasteiger partial charge < -0.3 is 15.0 Å². The SMILES string of the molecule is CCc1ccc(CNc2c(N(C)C)ccnc2OC)s1. The van der Waals surface area contributed by atoms with Gasteiger partial charge in [0.2, 0.25) is 5.88 Å². The summed E-state index contributed by atoms with van der Waals surface area (Å²) in [4.78, 5) is 9.05. The molecule has 0 aliphatic carbocycles. The molecule has 2 rings (SSSR count). The summed E-state index contributed by atoms with van der Waals surface area (Å²) in [6.45, 7) is 2.96. The van der Waals surface area contributed by atoms with Crippen molar-refractivity contribution in [3.05, 3.63) is 34.2 Å². The molecule has 4 nitrogen and oxygen atoms in total. The molecule has 1 N–H and O–H groups in total. The maximum absolute atomic E-state index is 5.35. The lowest BCUT2D eigenvalue weighted by molar-refractivity contribution is 0.400. The van der Waals surface area contributed by atoms with Crippen molar-refractivity contribution in [2.45, 2.75) is 19.9 Å². The zero-order valence-electron chi connectivity index (χ0n) is 12.4. The van der Waals surface area contributed by atoms with Gasteiger partial charge in [-0.15, -0.1) is 11.3 Å². The number of methoxy groups -OCH3 is 1. The predicted octanol–water partition coefficient (Wildman–Crippen LogP) is 3.39. The zero-order valence-corrected chi connectivity index (χ0v) is 13.3. The van der Waals surface area contributed by atoms with Crippen LogP contribution < -0.4 is 15.0 Å². The first-order valence-corrected chi connectivity index (χ1v) is 7.49. The summed E-state index contributed by atoms with van der Waals surface area (Å²) < 4.78 is 5.35. The molecule has 2 aromatic rings. The average Bonchev–Trinajstić information content (AvgIpc) is 2.92. The maximum Gasteiger partial charge on any atom is 0.239 e. The van der Waals surface area contributed by atoms with Crippen molar-refractivity contribution in [1.29, 1.82) is 0 Å². The number of pyridine rings is 1. The van der Waals surface area contributed by atoms with E-state index in [0.717, 1.165) is 24.3 Å². The summed E-state index contributed by atoms with van der Waals surface area (Å²) in [6.07, 6.45) is 2.85. The van der Waals surface area contributed by atoms with Gasteiger partial charge in [-0.25, -0.2) is 4.98 Å². The third-order valence-electron chi connectivity index (χ3n) is 3.07. The normalized spacial score (nSPS) is 10.4. The van der Waals surface area contributed by atoms with Gasteiger partial charge in [-0.3, -0.25) is 0 Å². The maximum atomic E-state index is 5.35. The quantitative estimate of drug-likeness (QED) is 0.885. The average molecular weight is 291 g/mol. The van der Waals surface area contributed by atoms with E-state index in [2.05, 4.69) is 34.3 Å². The minimum atomic E-state index is 0.628. The van der Waals surface area contributed by atoms with Crippen LogP contribution in [0.3, 0.4) is 0 Å². The number of thiophene rings is 1. The van der Waals surface area contributed by atoms with E-state index in [0.29, 0.717) is 5.88 Å². The van der Waals surface area contributed by atoms with Gasteiger partial charge in [-0.05, 0) is 24.6 Å². The van der Waals surface area contributed by atoms with E-state index in [1.807, 2.05) is 31.5 Å². The predicted molar refractivity (Wildman–Crippen MR) is 86.1 cm³/mol. The van der Waals surface area contributed by atoms with Gasteiger partial charge in [-0.1, -0.05) is 6.92 Å². The molecule has 0 aliphatic rings. The number of nitrogens with one attached hydrogen (secondary N) is 1. The van der Waals surface area contributed by atoms with Gasteiger partial charge in [0.15, 0.2) is 0 Å². The van der Waals surface area contributed by atoms with Crippen LogP contribution >= 0.6 is 11.3 Å². The van der Waals surface area contributed by atoms with Crippen LogP contribution in [0.15, 0.2) is 24.4 Å². The van der Waals surface area contributed by atoms with Crippen LogP contribution in [-0.4, -0.2) is 26.2 Å². The summed E-state index contributed by atoms with van der Waals surface area (Å²) in [7, 11) is 5.67. The Morgan fingerprint density at radius 2 is 2.00 bits per heavy atom. The van der Waals surface area contributed by atoms with E-state index < -0.39 is 0 Å². The van der Waals surface area contributed by atoms with E-state index in [1.54, 1.807) is 13.3 Å². The first-order chi connectivity index (χ1) is 9.65. The smallest absolute Gasteiger partial charge is 0.239 e. The van der Waals surface area contributed by atoms with Crippen LogP contribution in [0.5, 0.6) is 5.88 Å². The number of nitrogens with zero attached hydrogens (tertiary/aromatic N) is 2. The Labute approximate surface area is 124 Å². The summed E-state index contributed by atoms with van der Waals surface area (Å²) in [5.74, 6) is 0.628. The molecule has 0 fully saturated rings. The molecule has 5 heteroatoms. The lowest BCUT2D eigenvalue weighted by Crippen LogP contribution is -2.13. The molecule has 0 aliphatic heterocycles. The monoisotopic (exact) mass is 291 g/mol. The lowest BCUT2D eigenvalue weighted by Gasteiger charge is -2.19. The molecule has 0 spiro atoms. The van der Waals surface area contributed by atoms with E-state index in [4.69, 9.17) is 4.74 Å². The minimum Gasteiger partial charge on any atom is -0.479 e.